The van der Waals surface area contributed by atoms with Crippen molar-refractivity contribution in [2.24, 2.45) is 23.7 Å². The molecule has 20 nitrogen and oxygen atoms in total. The van der Waals surface area contributed by atoms with E-state index in [-0.39, 0.29) is 62.2 Å². The molecule has 3 saturated heterocycles. The molecule has 5 aliphatic rings. The number of hydrogen-bond acceptors (Lipinski definition) is 16. The summed E-state index contributed by atoms with van der Waals surface area (Å²) >= 11 is 0. The van der Waals surface area contributed by atoms with Gasteiger partial charge in [0.2, 0.25) is 0 Å². The predicted octanol–water partition coefficient (Wildman–Crippen LogP) is 4.85. The Labute approximate surface area is 472 Å². The summed E-state index contributed by atoms with van der Waals surface area (Å²) in [6.45, 7) is 15.5. The topological polar surface area (TPSA) is 211 Å². The first-order chi connectivity index (χ1) is 38.1. The molecule has 0 bridgehead atoms. The molecule has 2 aromatic carbocycles. The molecule has 3 aliphatic heterocycles. The molecular formula is C60H86N6O14. The number of likely N-dealkylation sites (N-methyl/N-ethyl adjacent to an activating group) is 4. The van der Waals surface area contributed by atoms with E-state index in [1.54, 1.807) is 0 Å². The Morgan fingerprint density at radius 1 is 0.425 bits per heavy atom. The number of amides is 4. The lowest BCUT2D eigenvalue weighted by Crippen LogP contribution is -2.54. The molecule has 0 aromatic heterocycles. The van der Waals surface area contributed by atoms with E-state index in [2.05, 4.69) is 9.80 Å². The van der Waals surface area contributed by atoms with Gasteiger partial charge in [-0.3, -0.25) is 19.2 Å². The Kier molecular flexibility index (Phi) is 21.4. The summed E-state index contributed by atoms with van der Waals surface area (Å²) in [5.41, 5.74) is 3.23. The lowest BCUT2D eigenvalue weighted by Gasteiger charge is -2.35. The summed E-state index contributed by atoms with van der Waals surface area (Å²) < 4.78 is 35.4. The summed E-state index contributed by atoms with van der Waals surface area (Å²) in [4.78, 5) is 127. The van der Waals surface area contributed by atoms with Gasteiger partial charge in [-0.2, -0.15) is 0 Å². The maximum atomic E-state index is 15.0. The van der Waals surface area contributed by atoms with Gasteiger partial charge in [0, 0.05) is 78.6 Å². The number of morpholine rings is 2. The molecule has 7 rings (SSSR count). The van der Waals surface area contributed by atoms with Gasteiger partial charge in [-0.05, 0) is 98.6 Å². The summed E-state index contributed by atoms with van der Waals surface area (Å²) in [6.07, 6.45) is -2.18. The number of cyclic esters (lactones) is 4. The van der Waals surface area contributed by atoms with Gasteiger partial charge < -0.3 is 57.8 Å². The van der Waals surface area contributed by atoms with Crippen molar-refractivity contribution in [1.82, 2.24) is 19.6 Å². The van der Waals surface area contributed by atoms with Crippen molar-refractivity contribution in [2.75, 3.05) is 90.6 Å². The third kappa shape index (κ3) is 16.4. The molecule has 1 unspecified atom stereocenters. The number of carbonyl (C=O) groups excluding carboxylic acids is 8. The quantitative estimate of drug-likeness (QED) is 0.183. The van der Waals surface area contributed by atoms with Crippen molar-refractivity contribution in [3.05, 3.63) is 59.7 Å². The summed E-state index contributed by atoms with van der Waals surface area (Å²) in [6, 6.07) is 10.2. The van der Waals surface area contributed by atoms with Gasteiger partial charge >= 0.3 is 23.9 Å². The van der Waals surface area contributed by atoms with Crippen LogP contribution in [0.15, 0.2) is 48.5 Å². The van der Waals surface area contributed by atoms with Crippen LogP contribution in [-0.4, -0.2) is 196 Å². The molecule has 0 N–H and O–H groups in total. The van der Waals surface area contributed by atoms with Gasteiger partial charge in [-0.1, -0.05) is 77.6 Å². The fourth-order valence-corrected chi connectivity index (χ4v) is 10.7. The highest BCUT2D eigenvalue weighted by Gasteiger charge is 2.44. The highest BCUT2D eigenvalue weighted by molar-refractivity contribution is 5.94. The Bertz CT molecular complexity index is 2300. The summed E-state index contributed by atoms with van der Waals surface area (Å²) in [7, 11) is 5.71. The largest absolute Gasteiger partial charge is 0.451 e. The number of nitrogens with zero attached hydrogens (tertiary/aromatic N) is 6. The van der Waals surface area contributed by atoms with Gasteiger partial charge in [-0.25, -0.2) is 19.2 Å². The first-order valence-corrected chi connectivity index (χ1v) is 28.8. The molecule has 3 heterocycles. The molecule has 20 heteroatoms. The number of ether oxygens (including phenoxy) is 6. The molecule has 8 atom stereocenters. The van der Waals surface area contributed by atoms with Crippen LogP contribution in [0.2, 0.25) is 0 Å². The molecule has 0 radical (unpaired) electrons. The van der Waals surface area contributed by atoms with E-state index in [0.29, 0.717) is 63.7 Å². The lowest BCUT2D eigenvalue weighted by molar-refractivity contribution is -0.176. The number of esters is 4. The average Bonchev–Trinajstić information content (AvgIpc) is 4.43. The van der Waals surface area contributed by atoms with Crippen LogP contribution in [0.25, 0.3) is 0 Å². The van der Waals surface area contributed by atoms with Gasteiger partial charge in [0.15, 0.2) is 24.4 Å². The van der Waals surface area contributed by atoms with E-state index in [0.717, 1.165) is 37.1 Å². The zero-order valence-corrected chi connectivity index (χ0v) is 48.7. The van der Waals surface area contributed by atoms with Crippen LogP contribution in [-0.2, 0) is 79.6 Å². The fraction of sp³-hybridized carbons (Fsp3) is 0.667. The minimum absolute atomic E-state index is 0.0785. The fourth-order valence-electron chi connectivity index (χ4n) is 10.7. The van der Waals surface area contributed by atoms with Gasteiger partial charge in [0.05, 0.1) is 26.4 Å². The maximum absolute atomic E-state index is 15.0. The smallest absolute Gasteiger partial charge is 0.329 e. The molecule has 2 aliphatic carbocycles. The number of carbonyl (C=O) groups is 8. The van der Waals surface area contributed by atoms with Crippen molar-refractivity contribution in [2.45, 2.75) is 154 Å². The van der Waals surface area contributed by atoms with Crippen LogP contribution < -0.4 is 9.80 Å². The normalized spacial score (nSPS) is 27.3. The van der Waals surface area contributed by atoms with Gasteiger partial charge in [-0.15, -0.1) is 0 Å². The highest BCUT2D eigenvalue weighted by atomic mass is 16.6. The second-order valence-corrected chi connectivity index (χ2v) is 23.4. The third-order valence-electron chi connectivity index (χ3n) is 16.1. The van der Waals surface area contributed by atoms with Crippen LogP contribution in [0.1, 0.15) is 104 Å². The van der Waals surface area contributed by atoms with Crippen molar-refractivity contribution in [3.63, 3.8) is 0 Å². The van der Waals surface area contributed by atoms with Gasteiger partial charge in [0.25, 0.3) is 23.6 Å². The molecule has 440 valence electrons. The van der Waals surface area contributed by atoms with E-state index < -0.39 is 96.1 Å². The van der Waals surface area contributed by atoms with Crippen LogP contribution in [0, 0.1) is 23.7 Å². The van der Waals surface area contributed by atoms with E-state index in [1.165, 1.54) is 61.6 Å². The van der Waals surface area contributed by atoms with Crippen molar-refractivity contribution in [1.29, 1.82) is 0 Å². The Morgan fingerprint density at radius 3 is 1.02 bits per heavy atom. The van der Waals surface area contributed by atoms with E-state index in [9.17, 15) is 28.8 Å². The van der Waals surface area contributed by atoms with Crippen molar-refractivity contribution < 1.29 is 66.8 Å². The summed E-state index contributed by atoms with van der Waals surface area (Å²) in [5, 5.41) is 0. The van der Waals surface area contributed by atoms with E-state index >= 15 is 9.59 Å². The zero-order valence-electron chi connectivity index (χ0n) is 48.7. The number of hydrogen-bond donors (Lipinski definition) is 0. The molecule has 2 aromatic rings. The molecule has 2 saturated carbocycles. The van der Waals surface area contributed by atoms with E-state index in [4.69, 9.17) is 28.4 Å². The van der Waals surface area contributed by atoms with Crippen LogP contribution in [0.3, 0.4) is 0 Å². The summed E-state index contributed by atoms with van der Waals surface area (Å²) in [5.74, 6) is -6.51. The van der Waals surface area contributed by atoms with Crippen LogP contribution >= 0.6 is 0 Å². The molecule has 0 spiro atoms. The molecule has 80 heavy (non-hydrogen) atoms. The zero-order chi connectivity index (χ0) is 57.9. The average molecular weight is 1120 g/mol. The second-order valence-electron chi connectivity index (χ2n) is 23.4. The predicted molar refractivity (Wildman–Crippen MR) is 297 cm³/mol. The van der Waals surface area contributed by atoms with E-state index in [1.807, 2.05) is 76.2 Å². The van der Waals surface area contributed by atoms with Gasteiger partial charge in [0.1, 0.15) is 24.2 Å². The van der Waals surface area contributed by atoms with Crippen molar-refractivity contribution in [3.8, 4) is 0 Å². The molecule has 4 amide bonds. The first kappa shape index (κ1) is 61.3. The monoisotopic (exact) mass is 1110 g/mol. The molecular weight excluding hydrogens is 1030 g/mol. The maximum Gasteiger partial charge on any atom is 0.329 e. The number of anilines is 2. The highest BCUT2D eigenvalue weighted by Crippen LogP contribution is 2.37. The SMILES string of the molecule is CC(C)C[C@H]1C(=O)O[C@H](C)C(=O)N(C)[C@@H](CC2CC2)C(=O)O[C@H](Cc2ccc(N3CCOCC3)cc2)C(=O)N(C)[C@@H](CC(C)C)C(=O)O[C@H](C)C(=O)N(C)C(CC2CC2)C(=O)O[C@H](Cc2ccc(N3CCOCC3)cc2)C(=O)N1C. The Morgan fingerprint density at radius 2 is 0.725 bits per heavy atom. The number of benzene rings is 2. The first-order valence-electron chi connectivity index (χ1n) is 28.8. The second kappa shape index (κ2) is 27.9. The third-order valence-corrected chi connectivity index (χ3v) is 16.1. The van der Waals surface area contributed by atoms with Crippen LogP contribution in [0.4, 0.5) is 11.4 Å². The Balaban J connectivity index is 1.24. The minimum atomic E-state index is -1.49. The lowest BCUT2D eigenvalue weighted by atomic mass is 10.0. The number of rotatable bonds is 14. The van der Waals surface area contributed by atoms with Crippen molar-refractivity contribution >= 4 is 58.9 Å². The standard InChI is InChI=1S/C60H86N6O14/c1-37(2)31-47-57(71)77-39(5)53(67)61(7)50(34-42-13-14-42)60(74)80-52(36-44-17-21-46(22-18-44)66-25-29-76-30-26-66)56(70)64(10)48(32-38(3)4)58(72)78-40(6)54(68)62(8)49(33-41-11-12-41)59(73)79-51(55(69)63(47)9)35-43-15-19-45(20-16-43)65-23-27-75-28-24-65/h15-22,37-42,47-52H,11-14,23-36H2,1-10H3/t39-,40-,47+,48+,49+,50?,51-,52-/m1/s1. The van der Waals surface area contributed by atoms with Crippen LogP contribution in [0.5, 0.6) is 0 Å². The Hall–Kier alpha value is -6.28. The minimum Gasteiger partial charge on any atom is -0.451 e. The molecule has 5 fully saturated rings.